The first kappa shape index (κ1) is 25.2. The van der Waals surface area contributed by atoms with Crippen LogP contribution in [0.5, 0.6) is 0 Å². The summed E-state index contributed by atoms with van der Waals surface area (Å²) in [6.45, 7) is 8.20. The molecule has 0 unspecified atom stereocenters. The Morgan fingerprint density at radius 3 is 2.12 bits per heavy atom. The van der Waals surface area contributed by atoms with Crippen LogP contribution in [0, 0.1) is 6.92 Å². The van der Waals surface area contributed by atoms with E-state index >= 15 is 0 Å². The summed E-state index contributed by atoms with van der Waals surface area (Å²) < 4.78 is 54.9. The second kappa shape index (κ2) is 9.44. The Morgan fingerprint density at radius 1 is 0.939 bits per heavy atom. The zero-order valence-corrected chi connectivity index (χ0v) is 21.0. The monoisotopic (exact) mass is 493 g/mol. The molecule has 0 saturated carbocycles. The Labute approximate surface area is 196 Å². The number of carbonyl (C=O) groups excluding carboxylic acids is 1. The van der Waals surface area contributed by atoms with Crippen LogP contribution in [-0.4, -0.2) is 52.4 Å². The van der Waals surface area contributed by atoms with Crippen LogP contribution in [0.1, 0.15) is 39.2 Å². The predicted molar refractivity (Wildman–Crippen MR) is 126 cm³/mol. The highest BCUT2D eigenvalue weighted by Crippen LogP contribution is 2.26. The number of likely N-dealkylation sites (tertiary alicyclic amines) is 1. The highest BCUT2D eigenvalue weighted by atomic mass is 32.2. The van der Waals surface area contributed by atoms with E-state index in [2.05, 4.69) is 10.0 Å². The first-order valence-electron chi connectivity index (χ1n) is 10.8. The Balaban J connectivity index is 1.75. The summed E-state index contributed by atoms with van der Waals surface area (Å²) in [4.78, 5) is 14.0. The van der Waals surface area contributed by atoms with Crippen LogP contribution in [0.25, 0.3) is 0 Å². The zero-order valence-electron chi connectivity index (χ0n) is 19.3. The lowest BCUT2D eigenvalue weighted by Gasteiger charge is -2.34. The van der Waals surface area contributed by atoms with E-state index in [0.717, 1.165) is 0 Å². The van der Waals surface area contributed by atoms with E-state index in [4.69, 9.17) is 0 Å². The van der Waals surface area contributed by atoms with Crippen LogP contribution in [-0.2, 0) is 19.9 Å². The first-order chi connectivity index (χ1) is 15.3. The van der Waals surface area contributed by atoms with Gasteiger partial charge in [-0.05, 0) is 70.4 Å². The number of sulfone groups is 1. The number of aryl methyl sites for hydroxylation is 1. The summed E-state index contributed by atoms with van der Waals surface area (Å²) in [7, 11) is -7.80. The number of benzene rings is 2. The number of nitrogens with zero attached hydrogens (tertiary/aromatic N) is 1. The molecule has 2 N–H and O–H groups in total. The maximum atomic E-state index is 13.1. The van der Waals surface area contributed by atoms with E-state index in [-0.39, 0.29) is 32.3 Å². The molecule has 1 saturated heterocycles. The molecule has 2 aromatic carbocycles. The molecule has 33 heavy (non-hydrogen) atoms. The highest BCUT2D eigenvalue weighted by Gasteiger charge is 2.29. The maximum absolute atomic E-state index is 13.1. The van der Waals surface area contributed by atoms with Crippen molar-refractivity contribution in [1.29, 1.82) is 0 Å². The minimum absolute atomic E-state index is 0.0626. The molecule has 1 fully saturated rings. The molecule has 2 aromatic rings. The van der Waals surface area contributed by atoms with Crippen LogP contribution >= 0.6 is 0 Å². The first-order valence-corrected chi connectivity index (χ1v) is 13.8. The molecule has 0 aliphatic carbocycles. The number of hydrogen-bond acceptors (Lipinski definition) is 5. The number of hydrogen-bond donors (Lipinski definition) is 2. The zero-order chi connectivity index (χ0) is 24.4. The molecule has 1 heterocycles. The number of sulfonamides is 1. The van der Waals surface area contributed by atoms with Crippen LogP contribution in [0.15, 0.2) is 63.2 Å². The summed E-state index contributed by atoms with van der Waals surface area (Å²) >= 11 is 0. The Hall–Kier alpha value is -2.43. The van der Waals surface area contributed by atoms with Gasteiger partial charge in [0.25, 0.3) is 0 Å². The van der Waals surface area contributed by atoms with Gasteiger partial charge < -0.3 is 10.2 Å². The molecule has 0 radical (unpaired) electrons. The Morgan fingerprint density at radius 2 is 1.55 bits per heavy atom. The van der Waals surface area contributed by atoms with E-state index in [1.54, 1.807) is 30.0 Å². The van der Waals surface area contributed by atoms with Crippen LogP contribution in [0.2, 0.25) is 0 Å². The molecular formula is C23H31N3O5S2. The molecule has 2 amide bonds. The minimum atomic E-state index is -3.96. The summed E-state index contributed by atoms with van der Waals surface area (Å²) in [6.07, 6.45) is 0.940. The van der Waals surface area contributed by atoms with Crippen molar-refractivity contribution < 1.29 is 21.6 Å². The van der Waals surface area contributed by atoms with Crippen molar-refractivity contribution in [3.8, 4) is 0 Å². The van der Waals surface area contributed by atoms with Crippen LogP contribution in [0.3, 0.4) is 0 Å². The van der Waals surface area contributed by atoms with Crippen molar-refractivity contribution in [2.75, 3.05) is 13.1 Å². The van der Waals surface area contributed by atoms with Gasteiger partial charge in [0.15, 0.2) is 0 Å². The van der Waals surface area contributed by atoms with Crippen LogP contribution < -0.4 is 10.0 Å². The molecule has 10 heteroatoms. The van der Waals surface area contributed by atoms with Crippen molar-refractivity contribution >= 4 is 25.9 Å². The smallest absolute Gasteiger partial charge is 0.317 e. The third-order valence-corrected chi connectivity index (χ3v) is 8.83. The number of urea groups is 1. The fourth-order valence-corrected chi connectivity index (χ4v) is 6.61. The average Bonchev–Trinajstić information content (AvgIpc) is 2.73. The molecule has 0 bridgehead atoms. The van der Waals surface area contributed by atoms with E-state index in [0.29, 0.717) is 31.5 Å². The number of amides is 2. The molecule has 1 aliphatic heterocycles. The van der Waals surface area contributed by atoms with Gasteiger partial charge in [-0.2, -0.15) is 0 Å². The normalized spacial score (nSPS) is 15.9. The highest BCUT2D eigenvalue weighted by molar-refractivity contribution is 7.91. The SMILES string of the molecule is Cc1ccc(S(=O)(=O)c2ccccc2)cc1S(=O)(=O)NC1CCN(C(=O)NC(C)(C)C)CC1. The lowest BCUT2D eigenvalue weighted by atomic mass is 10.1. The molecule has 0 aromatic heterocycles. The Kier molecular flexibility index (Phi) is 7.21. The summed E-state index contributed by atoms with van der Waals surface area (Å²) in [6, 6.07) is 11.5. The second-order valence-electron chi connectivity index (χ2n) is 9.31. The lowest BCUT2D eigenvalue weighted by Crippen LogP contribution is -2.53. The quantitative estimate of drug-likeness (QED) is 0.665. The molecule has 0 atom stereocenters. The Bertz CT molecular complexity index is 1210. The van der Waals surface area contributed by atoms with Gasteiger partial charge >= 0.3 is 6.03 Å². The van der Waals surface area contributed by atoms with E-state index in [1.807, 2.05) is 20.8 Å². The molecule has 3 rings (SSSR count). The number of piperidine rings is 1. The average molecular weight is 494 g/mol. The van der Waals surface area contributed by atoms with Gasteiger partial charge in [-0.25, -0.2) is 26.4 Å². The lowest BCUT2D eigenvalue weighted by molar-refractivity contribution is 0.172. The summed E-state index contributed by atoms with van der Waals surface area (Å²) in [5.41, 5.74) is 0.106. The minimum Gasteiger partial charge on any atom is -0.333 e. The number of nitrogens with one attached hydrogen (secondary N) is 2. The van der Waals surface area contributed by atoms with Gasteiger partial charge in [-0.15, -0.1) is 0 Å². The summed E-state index contributed by atoms with van der Waals surface area (Å²) in [5.74, 6) is 0. The van der Waals surface area contributed by atoms with E-state index < -0.39 is 19.9 Å². The fourth-order valence-electron chi connectivity index (χ4n) is 3.66. The largest absolute Gasteiger partial charge is 0.333 e. The topological polar surface area (TPSA) is 113 Å². The van der Waals surface area contributed by atoms with Crippen molar-refractivity contribution in [3.05, 3.63) is 54.1 Å². The third kappa shape index (κ3) is 6.13. The van der Waals surface area contributed by atoms with Gasteiger partial charge in [0.1, 0.15) is 0 Å². The number of rotatable bonds is 5. The molecule has 0 spiro atoms. The molecule has 180 valence electrons. The molecular weight excluding hydrogens is 462 g/mol. The standard InChI is InChI=1S/C23H31N3O5S2/c1-17-10-11-20(32(28,29)19-8-6-5-7-9-19)16-21(17)33(30,31)25-18-12-14-26(15-13-18)22(27)24-23(2,3)4/h5-11,16,18,25H,12-15H2,1-4H3,(H,24,27). The fraction of sp³-hybridized carbons (Fsp3) is 0.435. The van der Waals surface area contributed by atoms with Gasteiger partial charge in [0.2, 0.25) is 19.9 Å². The van der Waals surface area contributed by atoms with Crippen molar-refractivity contribution in [2.24, 2.45) is 0 Å². The molecule has 1 aliphatic rings. The van der Waals surface area contributed by atoms with Gasteiger partial charge in [-0.1, -0.05) is 24.3 Å². The maximum Gasteiger partial charge on any atom is 0.317 e. The van der Waals surface area contributed by atoms with Crippen molar-refractivity contribution in [2.45, 2.75) is 66.8 Å². The van der Waals surface area contributed by atoms with Gasteiger partial charge in [0, 0.05) is 24.7 Å². The van der Waals surface area contributed by atoms with E-state index in [9.17, 15) is 21.6 Å². The second-order valence-corrected chi connectivity index (χ2v) is 12.9. The van der Waals surface area contributed by atoms with Crippen molar-refractivity contribution in [1.82, 2.24) is 14.9 Å². The van der Waals surface area contributed by atoms with Gasteiger partial charge in [-0.3, -0.25) is 0 Å². The van der Waals surface area contributed by atoms with E-state index in [1.165, 1.54) is 30.3 Å². The number of carbonyl (C=O) groups is 1. The predicted octanol–water partition coefficient (Wildman–Crippen LogP) is 3.08. The van der Waals surface area contributed by atoms with Crippen molar-refractivity contribution in [3.63, 3.8) is 0 Å². The van der Waals surface area contributed by atoms with Gasteiger partial charge in [0.05, 0.1) is 14.7 Å². The third-order valence-electron chi connectivity index (χ3n) is 5.40. The van der Waals surface area contributed by atoms with Crippen LogP contribution in [0.4, 0.5) is 4.79 Å². The summed E-state index contributed by atoms with van der Waals surface area (Å²) in [5, 5.41) is 2.91. The molecule has 8 nitrogen and oxygen atoms in total.